The number of anilines is 1. The van der Waals surface area contributed by atoms with E-state index in [1.165, 1.54) is 11.3 Å². The van der Waals surface area contributed by atoms with E-state index in [4.69, 9.17) is 10.3 Å². The number of hydrogen-bond acceptors (Lipinski definition) is 6. The van der Waals surface area contributed by atoms with Crippen molar-refractivity contribution in [2.75, 3.05) is 11.9 Å². The van der Waals surface area contributed by atoms with Gasteiger partial charge in [0, 0.05) is 0 Å². The fourth-order valence-corrected chi connectivity index (χ4v) is 2.18. The van der Waals surface area contributed by atoms with Crippen LogP contribution in [0.1, 0.15) is 26.7 Å². The summed E-state index contributed by atoms with van der Waals surface area (Å²) in [5, 5.41) is 6.91. The van der Waals surface area contributed by atoms with Crippen LogP contribution < -0.4 is 11.1 Å². The molecular weight excluding hydrogens is 264 g/mol. The van der Waals surface area contributed by atoms with Crippen LogP contribution in [0.15, 0.2) is 10.7 Å². The lowest BCUT2D eigenvalue weighted by Gasteiger charge is -1.99. The lowest BCUT2D eigenvalue weighted by Crippen LogP contribution is -2.13. The molecular formula is C12H12N4O2S. The summed E-state index contributed by atoms with van der Waals surface area (Å²) in [4.78, 5) is 16.9. The highest BCUT2D eigenvalue weighted by molar-refractivity contribution is 7.16. The van der Waals surface area contributed by atoms with Crippen molar-refractivity contribution in [3.8, 4) is 11.8 Å². The van der Waals surface area contributed by atoms with E-state index in [2.05, 4.69) is 27.3 Å². The highest BCUT2D eigenvalue weighted by Gasteiger charge is 2.18. The lowest BCUT2D eigenvalue weighted by molar-refractivity contribution is 0.102. The Morgan fingerprint density at radius 1 is 1.58 bits per heavy atom. The Bertz CT molecular complexity index is 643. The molecule has 0 aliphatic rings. The topological polar surface area (TPSA) is 94.0 Å². The molecule has 7 heteroatoms. The minimum Gasteiger partial charge on any atom is -0.361 e. The van der Waals surface area contributed by atoms with Crippen LogP contribution in [0.25, 0.3) is 0 Å². The highest BCUT2D eigenvalue weighted by Crippen LogP contribution is 2.19. The third-order valence-corrected chi connectivity index (χ3v) is 3.13. The van der Waals surface area contributed by atoms with Crippen molar-refractivity contribution in [1.82, 2.24) is 10.1 Å². The zero-order valence-corrected chi connectivity index (χ0v) is 11.3. The minimum absolute atomic E-state index is 0.288. The number of rotatable bonds is 2. The second-order valence-corrected chi connectivity index (χ2v) is 4.72. The van der Waals surface area contributed by atoms with Crippen LogP contribution in [0.4, 0.5) is 5.13 Å². The number of aryl methyl sites for hydroxylation is 2. The van der Waals surface area contributed by atoms with Gasteiger partial charge in [0.25, 0.3) is 5.91 Å². The number of carbonyl (C=O) groups is 1. The predicted molar refractivity (Wildman–Crippen MR) is 72.0 cm³/mol. The van der Waals surface area contributed by atoms with Gasteiger partial charge in [-0.3, -0.25) is 10.1 Å². The summed E-state index contributed by atoms with van der Waals surface area (Å²) in [6.45, 7) is 3.69. The van der Waals surface area contributed by atoms with Crippen LogP contribution in [-0.4, -0.2) is 22.6 Å². The summed E-state index contributed by atoms with van der Waals surface area (Å²) in [6.07, 6.45) is 1.59. The van der Waals surface area contributed by atoms with Crippen molar-refractivity contribution in [3.63, 3.8) is 0 Å². The number of nitrogens with two attached hydrogens (primary N) is 1. The van der Waals surface area contributed by atoms with Crippen molar-refractivity contribution in [2.24, 2.45) is 5.73 Å². The number of amides is 1. The van der Waals surface area contributed by atoms with Crippen LogP contribution in [0.3, 0.4) is 0 Å². The van der Waals surface area contributed by atoms with E-state index >= 15 is 0 Å². The standard InChI is InChI=1S/C12H12N4O2S/c1-7-10(8(2)18-16-7)11(17)15-12-14-6-9(19-12)4-3-5-13/h6H,5,13H2,1-2H3,(H,14,15,17). The smallest absolute Gasteiger partial charge is 0.262 e. The van der Waals surface area contributed by atoms with Gasteiger partial charge in [0.1, 0.15) is 11.3 Å². The van der Waals surface area contributed by atoms with Crippen LogP contribution in [0.5, 0.6) is 0 Å². The molecule has 0 saturated heterocycles. The van der Waals surface area contributed by atoms with E-state index in [-0.39, 0.29) is 5.91 Å². The minimum atomic E-state index is -0.288. The van der Waals surface area contributed by atoms with Gasteiger partial charge in [-0.05, 0) is 13.8 Å². The van der Waals surface area contributed by atoms with Crippen molar-refractivity contribution in [1.29, 1.82) is 0 Å². The molecule has 6 nitrogen and oxygen atoms in total. The SMILES string of the molecule is Cc1noc(C)c1C(=O)Nc1ncc(C#CCN)s1. The summed E-state index contributed by atoms with van der Waals surface area (Å²) in [5.74, 6) is 5.77. The van der Waals surface area contributed by atoms with Crippen LogP contribution in [-0.2, 0) is 0 Å². The van der Waals surface area contributed by atoms with E-state index in [1.54, 1.807) is 20.0 Å². The maximum atomic E-state index is 12.0. The molecule has 2 heterocycles. The Hall–Kier alpha value is -2.17. The molecule has 2 rings (SSSR count). The lowest BCUT2D eigenvalue weighted by atomic mass is 10.2. The maximum absolute atomic E-state index is 12.0. The zero-order chi connectivity index (χ0) is 13.8. The monoisotopic (exact) mass is 276 g/mol. The molecule has 0 fully saturated rings. The van der Waals surface area contributed by atoms with E-state index in [0.29, 0.717) is 28.7 Å². The average molecular weight is 276 g/mol. The first-order valence-electron chi connectivity index (χ1n) is 5.50. The predicted octanol–water partition coefficient (Wildman–Crippen LogP) is 1.31. The molecule has 0 unspecified atom stereocenters. The number of nitrogens with zero attached hydrogens (tertiary/aromatic N) is 2. The molecule has 0 radical (unpaired) electrons. The number of hydrogen-bond donors (Lipinski definition) is 2. The normalized spacial score (nSPS) is 9.84. The Morgan fingerprint density at radius 2 is 2.37 bits per heavy atom. The van der Waals surface area contributed by atoms with Gasteiger partial charge < -0.3 is 10.3 Å². The number of aromatic nitrogens is 2. The molecule has 2 aromatic rings. The molecule has 1 amide bonds. The van der Waals surface area contributed by atoms with Crippen molar-refractivity contribution in [2.45, 2.75) is 13.8 Å². The Morgan fingerprint density at radius 3 is 3.00 bits per heavy atom. The fraction of sp³-hybridized carbons (Fsp3) is 0.250. The van der Waals surface area contributed by atoms with Gasteiger partial charge in [0.15, 0.2) is 5.13 Å². The highest BCUT2D eigenvalue weighted by atomic mass is 32.1. The third-order valence-electron chi connectivity index (χ3n) is 2.30. The van der Waals surface area contributed by atoms with Crippen molar-refractivity contribution >= 4 is 22.4 Å². The molecule has 0 atom stereocenters. The Labute approximate surface area is 114 Å². The van der Waals surface area contributed by atoms with Crippen LogP contribution in [0, 0.1) is 25.7 Å². The van der Waals surface area contributed by atoms with E-state index < -0.39 is 0 Å². The Kier molecular flexibility index (Phi) is 3.94. The number of nitrogens with one attached hydrogen (secondary N) is 1. The summed E-state index contributed by atoms with van der Waals surface area (Å²) in [7, 11) is 0. The molecule has 0 saturated carbocycles. The Balaban J connectivity index is 2.13. The van der Waals surface area contributed by atoms with Crippen LogP contribution in [0.2, 0.25) is 0 Å². The van der Waals surface area contributed by atoms with E-state index in [0.717, 1.165) is 4.88 Å². The average Bonchev–Trinajstić information content (AvgIpc) is 2.94. The quantitative estimate of drug-likeness (QED) is 0.806. The van der Waals surface area contributed by atoms with Crippen molar-refractivity contribution in [3.05, 3.63) is 28.1 Å². The van der Waals surface area contributed by atoms with Gasteiger partial charge in [-0.1, -0.05) is 28.3 Å². The molecule has 19 heavy (non-hydrogen) atoms. The van der Waals surface area contributed by atoms with Gasteiger partial charge in [-0.25, -0.2) is 4.98 Å². The van der Waals surface area contributed by atoms with Crippen molar-refractivity contribution < 1.29 is 9.32 Å². The van der Waals surface area contributed by atoms with Gasteiger partial charge in [0.2, 0.25) is 0 Å². The molecule has 0 aliphatic heterocycles. The molecule has 3 N–H and O–H groups in total. The first kappa shape index (κ1) is 13.3. The summed E-state index contributed by atoms with van der Waals surface area (Å²) in [5.41, 5.74) is 6.27. The largest absolute Gasteiger partial charge is 0.361 e. The molecule has 2 aromatic heterocycles. The molecule has 98 valence electrons. The summed E-state index contributed by atoms with van der Waals surface area (Å²) < 4.78 is 4.95. The van der Waals surface area contributed by atoms with E-state index in [9.17, 15) is 4.79 Å². The molecule has 0 bridgehead atoms. The third kappa shape index (κ3) is 2.99. The second kappa shape index (κ2) is 5.65. The molecule has 0 aromatic carbocycles. The molecule has 0 aliphatic carbocycles. The van der Waals surface area contributed by atoms with Gasteiger partial charge in [0.05, 0.1) is 23.3 Å². The molecule has 0 spiro atoms. The number of carbonyl (C=O) groups excluding carboxylic acids is 1. The number of thiazole rings is 1. The second-order valence-electron chi connectivity index (χ2n) is 3.69. The summed E-state index contributed by atoms with van der Waals surface area (Å²) >= 11 is 1.29. The first-order valence-corrected chi connectivity index (χ1v) is 6.32. The van der Waals surface area contributed by atoms with Gasteiger partial charge >= 0.3 is 0 Å². The van der Waals surface area contributed by atoms with E-state index in [1.807, 2.05) is 0 Å². The van der Waals surface area contributed by atoms with Gasteiger partial charge in [-0.15, -0.1) is 0 Å². The van der Waals surface area contributed by atoms with Crippen LogP contribution >= 0.6 is 11.3 Å². The zero-order valence-electron chi connectivity index (χ0n) is 10.5. The summed E-state index contributed by atoms with van der Waals surface area (Å²) in [6, 6.07) is 0. The first-order chi connectivity index (χ1) is 9.11. The maximum Gasteiger partial charge on any atom is 0.262 e. The van der Waals surface area contributed by atoms with Gasteiger partial charge in [-0.2, -0.15) is 0 Å². The fourth-order valence-electron chi connectivity index (χ4n) is 1.49.